The number of anilines is 1. The number of hydrogen-bond acceptors (Lipinski definition) is 4. The number of carbonyl (C=O) groups is 1. The molecule has 0 atom stereocenters. The van der Waals surface area contributed by atoms with Gasteiger partial charge in [-0.05, 0) is 47.5 Å². The quantitative estimate of drug-likeness (QED) is 0.524. The van der Waals surface area contributed by atoms with Crippen LogP contribution in [-0.2, 0) is 4.79 Å². The Labute approximate surface area is 198 Å². The zero-order valence-corrected chi connectivity index (χ0v) is 19.2. The van der Waals surface area contributed by atoms with E-state index in [9.17, 15) is 13.6 Å². The van der Waals surface area contributed by atoms with Gasteiger partial charge in [0.05, 0.1) is 18.8 Å². The summed E-state index contributed by atoms with van der Waals surface area (Å²) < 4.78 is 32.3. The lowest BCUT2D eigenvalue weighted by Gasteiger charge is -2.39. The van der Waals surface area contributed by atoms with Gasteiger partial charge in [-0.2, -0.15) is 0 Å². The second-order valence-corrected chi connectivity index (χ2v) is 8.38. The van der Waals surface area contributed by atoms with Gasteiger partial charge in [0.25, 0.3) is 0 Å². The van der Waals surface area contributed by atoms with Crippen molar-refractivity contribution in [2.24, 2.45) is 0 Å². The molecule has 34 heavy (non-hydrogen) atoms. The molecule has 4 rings (SSSR count). The van der Waals surface area contributed by atoms with Crippen molar-refractivity contribution in [3.63, 3.8) is 0 Å². The number of halogens is 2. The lowest BCUT2D eigenvalue weighted by Crippen LogP contribution is -2.48. The molecule has 1 amide bonds. The Morgan fingerprint density at radius 2 is 1.44 bits per heavy atom. The summed E-state index contributed by atoms with van der Waals surface area (Å²) in [7, 11) is 1.58. The van der Waals surface area contributed by atoms with E-state index >= 15 is 0 Å². The molecule has 0 spiro atoms. The minimum Gasteiger partial charge on any atom is -0.495 e. The van der Waals surface area contributed by atoms with Crippen molar-refractivity contribution in [1.29, 1.82) is 0 Å². The third kappa shape index (κ3) is 5.98. The maximum atomic E-state index is 13.5. The van der Waals surface area contributed by atoms with E-state index in [2.05, 4.69) is 15.1 Å². The van der Waals surface area contributed by atoms with Crippen LogP contribution in [0.15, 0.2) is 72.8 Å². The van der Waals surface area contributed by atoms with Gasteiger partial charge in [0, 0.05) is 39.1 Å². The average Bonchev–Trinajstić information content (AvgIpc) is 2.86. The van der Waals surface area contributed by atoms with Crippen LogP contribution in [0, 0.1) is 11.6 Å². The second kappa shape index (κ2) is 11.2. The number of piperazine rings is 1. The number of para-hydroxylation sites is 2. The van der Waals surface area contributed by atoms with Crippen LogP contribution in [0.2, 0.25) is 0 Å². The van der Waals surface area contributed by atoms with Crippen molar-refractivity contribution in [2.45, 2.75) is 12.5 Å². The molecule has 1 N–H and O–H groups in total. The van der Waals surface area contributed by atoms with E-state index in [1.807, 2.05) is 24.3 Å². The molecule has 1 saturated heterocycles. The number of methoxy groups -OCH3 is 1. The fourth-order valence-corrected chi connectivity index (χ4v) is 4.37. The Morgan fingerprint density at radius 3 is 2.00 bits per heavy atom. The molecule has 1 aliphatic rings. The van der Waals surface area contributed by atoms with Crippen LogP contribution < -0.4 is 10.1 Å². The first-order chi connectivity index (χ1) is 16.5. The van der Waals surface area contributed by atoms with Crippen LogP contribution in [-0.4, -0.2) is 55.5 Å². The summed E-state index contributed by atoms with van der Waals surface area (Å²) in [6.45, 7) is 3.84. The van der Waals surface area contributed by atoms with Crippen molar-refractivity contribution >= 4 is 11.6 Å². The van der Waals surface area contributed by atoms with Crippen molar-refractivity contribution in [1.82, 2.24) is 9.80 Å². The molecule has 0 aliphatic carbocycles. The number of carbonyl (C=O) groups excluding carboxylic acids is 1. The van der Waals surface area contributed by atoms with Crippen molar-refractivity contribution in [3.05, 3.63) is 95.6 Å². The van der Waals surface area contributed by atoms with Crippen LogP contribution in [0.4, 0.5) is 14.5 Å². The molecule has 7 heteroatoms. The minimum absolute atomic E-state index is 0.0533. The van der Waals surface area contributed by atoms with Crippen LogP contribution >= 0.6 is 0 Å². The molecule has 0 radical (unpaired) electrons. The number of benzene rings is 3. The molecule has 0 saturated carbocycles. The molecular formula is C27H29F2N3O2. The number of rotatable bonds is 8. The van der Waals surface area contributed by atoms with Gasteiger partial charge in [-0.1, -0.05) is 36.4 Å². The molecule has 5 nitrogen and oxygen atoms in total. The third-order valence-corrected chi connectivity index (χ3v) is 6.18. The maximum Gasteiger partial charge on any atom is 0.225 e. The predicted octanol–water partition coefficient (Wildman–Crippen LogP) is 4.71. The van der Waals surface area contributed by atoms with E-state index in [1.165, 1.54) is 24.3 Å². The normalized spacial score (nSPS) is 14.8. The summed E-state index contributed by atoms with van der Waals surface area (Å²) in [6, 6.07) is 20.3. The van der Waals surface area contributed by atoms with Gasteiger partial charge in [-0.25, -0.2) is 8.78 Å². The Hall–Kier alpha value is -3.29. The Balaban J connectivity index is 1.35. The van der Waals surface area contributed by atoms with Gasteiger partial charge >= 0.3 is 0 Å². The van der Waals surface area contributed by atoms with Gasteiger partial charge in [0.15, 0.2) is 0 Å². The second-order valence-electron chi connectivity index (χ2n) is 8.38. The summed E-state index contributed by atoms with van der Waals surface area (Å²) in [5.41, 5.74) is 2.61. The number of amides is 1. The van der Waals surface area contributed by atoms with Crippen molar-refractivity contribution < 1.29 is 18.3 Å². The zero-order chi connectivity index (χ0) is 23.9. The van der Waals surface area contributed by atoms with Crippen molar-refractivity contribution in [3.8, 4) is 5.75 Å². The van der Waals surface area contributed by atoms with E-state index in [-0.39, 0.29) is 23.6 Å². The number of ether oxygens (including phenoxy) is 1. The first-order valence-electron chi connectivity index (χ1n) is 11.4. The van der Waals surface area contributed by atoms with E-state index in [0.717, 1.165) is 37.3 Å². The smallest absolute Gasteiger partial charge is 0.225 e. The Bertz CT molecular complexity index is 1040. The van der Waals surface area contributed by atoms with Crippen LogP contribution in [0.1, 0.15) is 23.6 Å². The molecule has 3 aromatic carbocycles. The fourth-order valence-electron chi connectivity index (χ4n) is 4.37. The highest BCUT2D eigenvalue weighted by molar-refractivity contribution is 5.92. The summed E-state index contributed by atoms with van der Waals surface area (Å²) in [5.74, 6) is 0.0233. The van der Waals surface area contributed by atoms with Crippen molar-refractivity contribution in [2.75, 3.05) is 45.2 Å². The molecule has 1 heterocycles. The highest BCUT2D eigenvalue weighted by atomic mass is 19.1. The lowest BCUT2D eigenvalue weighted by molar-refractivity contribution is -0.116. The molecule has 178 valence electrons. The topological polar surface area (TPSA) is 44.8 Å². The standard InChI is InChI=1S/C27H29F2N3O2/c1-34-25-5-3-2-4-24(25)30-26(33)14-15-31-16-18-32(19-17-31)27(20-6-10-22(28)11-7-20)21-8-12-23(29)13-9-21/h2-13,27H,14-19H2,1H3,(H,30,33). The SMILES string of the molecule is COc1ccccc1NC(=O)CCN1CCN(C(c2ccc(F)cc2)c2ccc(F)cc2)CC1. The average molecular weight is 466 g/mol. The van der Waals surface area contributed by atoms with Gasteiger partial charge in [0.1, 0.15) is 17.4 Å². The first-order valence-corrected chi connectivity index (χ1v) is 11.4. The molecule has 0 aromatic heterocycles. The first kappa shape index (κ1) is 23.9. The summed E-state index contributed by atoms with van der Waals surface area (Å²) in [4.78, 5) is 17.0. The van der Waals surface area contributed by atoms with Gasteiger partial charge in [-0.3, -0.25) is 9.69 Å². The highest BCUT2D eigenvalue weighted by Gasteiger charge is 2.26. The van der Waals surface area contributed by atoms with Crippen LogP contribution in [0.5, 0.6) is 5.75 Å². The molecule has 0 unspecified atom stereocenters. The molecule has 1 aliphatic heterocycles. The summed E-state index contributed by atoms with van der Waals surface area (Å²) in [5, 5.41) is 2.92. The maximum absolute atomic E-state index is 13.5. The van der Waals surface area contributed by atoms with E-state index in [1.54, 1.807) is 31.4 Å². The highest BCUT2D eigenvalue weighted by Crippen LogP contribution is 2.30. The van der Waals surface area contributed by atoms with Crippen LogP contribution in [0.25, 0.3) is 0 Å². The van der Waals surface area contributed by atoms with Crippen LogP contribution in [0.3, 0.4) is 0 Å². The Kier molecular flexibility index (Phi) is 7.87. The zero-order valence-electron chi connectivity index (χ0n) is 19.2. The minimum atomic E-state index is -0.280. The lowest BCUT2D eigenvalue weighted by atomic mass is 9.96. The number of hydrogen-bond donors (Lipinski definition) is 1. The van der Waals surface area contributed by atoms with E-state index < -0.39 is 0 Å². The van der Waals surface area contributed by atoms with E-state index in [0.29, 0.717) is 24.4 Å². The molecular weight excluding hydrogens is 436 g/mol. The predicted molar refractivity (Wildman–Crippen MR) is 129 cm³/mol. The summed E-state index contributed by atoms with van der Waals surface area (Å²) >= 11 is 0. The number of nitrogens with zero attached hydrogens (tertiary/aromatic N) is 2. The Morgan fingerprint density at radius 1 is 0.882 bits per heavy atom. The molecule has 1 fully saturated rings. The molecule has 3 aromatic rings. The fraction of sp³-hybridized carbons (Fsp3) is 0.296. The van der Waals surface area contributed by atoms with Gasteiger partial charge < -0.3 is 15.0 Å². The van der Waals surface area contributed by atoms with Gasteiger partial charge in [0.2, 0.25) is 5.91 Å². The monoisotopic (exact) mass is 465 g/mol. The van der Waals surface area contributed by atoms with E-state index in [4.69, 9.17) is 4.74 Å². The molecule has 0 bridgehead atoms. The van der Waals surface area contributed by atoms with Gasteiger partial charge in [-0.15, -0.1) is 0 Å². The number of nitrogens with one attached hydrogen (secondary N) is 1. The largest absolute Gasteiger partial charge is 0.495 e. The third-order valence-electron chi connectivity index (χ3n) is 6.18. The summed E-state index contributed by atoms with van der Waals surface area (Å²) in [6.07, 6.45) is 0.386.